The maximum Gasteiger partial charge on any atom is 0.276 e. The molecule has 0 saturated carbocycles. The molecule has 3 aromatic rings. The second-order valence-electron chi connectivity index (χ2n) is 8.24. The van der Waals surface area contributed by atoms with Crippen molar-refractivity contribution in [3.8, 4) is 5.69 Å². The fourth-order valence-corrected chi connectivity index (χ4v) is 3.25. The molecule has 0 aliphatic rings. The standard InChI is InChI=1S/C21H29N5O/c1-15-18(20(27)26(25(15)6)17-10-8-7-9-11-17)14-24(5)13-16-12-19(23-22-16)21(2,3)4/h7-12H,13-14H2,1-6H3,(H,22,23). The van der Waals surface area contributed by atoms with Crippen molar-refractivity contribution in [2.45, 2.75) is 46.2 Å². The van der Waals surface area contributed by atoms with Crippen LogP contribution in [0.15, 0.2) is 41.2 Å². The highest BCUT2D eigenvalue weighted by atomic mass is 16.1. The lowest BCUT2D eigenvalue weighted by Crippen LogP contribution is -2.25. The molecule has 0 bridgehead atoms. The molecule has 3 rings (SSSR count). The molecular formula is C21H29N5O. The first-order chi connectivity index (χ1) is 12.7. The first-order valence-corrected chi connectivity index (χ1v) is 9.24. The van der Waals surface area contributed by atoms with Crippen molar-refractivity contribution in [3.05, 3.63) is 69.4 Å². The van der Waals surface area contributed by atoms with Gasteiger partial charge in [-0.05, 0) is 32.2 Å². The van der Waals surface area contributed by atoms with Gasteiger partial charge in [-0.3, -0.25) is 19.5 Å². The number of hydrogen-bond donors (Lipinski definition) is 1. The highest BCUT2D eigenvalue weighted by molar-refractivity contribution is 5.33. The first kappa shape index (κ1) is 19.2. The van der Waals surface area contributed by atoms with Crippen LogP contribution in [0, 0.1) is 6.92 Å². The minimum atomic E-state index is 0.0206. The highest BCUT2D eigenvalue weighted by Gasteiger charge is 2.20. The molecule has 1 aromatic carbocycles. The van der Waals surface area contributed by atoms with E-state index in [4.69, 9.17) is 0 Å². The van der Waals surface area contributed by atoms with Crippen LogP contribution < -0.4 is 5.56 Å². The van der Waals surface area contributed by atoms with Gasteiger partial charge in [0.05, 0.1) is 16.9 Å². The summed E-state index contributed by atoms with van der Waals surface area (Å²) in [6.07, 6.45) is 0. The van der Waals surface area contributed by atoms with Gasteiger partial charge in [0.1, 0.15) is 0 Å². The lowest BCUT2D eigenvalue weighted by molar-refractivity contribution is 0.313. The molecule has 27 heavy (non-hydrogen) atoms. The van der Waals surface area contributed by atoms with Crippen molar-refractivity contribution in [3.63, 3.8) is 0 Å². The molecule has 0 spiro atoms. The van der Waals surface area contributed by atoms with E-state index in [0.717, 1.165) is 28.3 Å². The fourth-order valence-electron chi connectivity index (χ4n) is 3.25. The van der Waals surface area contributed by atoms with Crippen molar-refractivity contribution >= 4 is 0 Å². The first-order valence-electron chi connectivity index (χ1n) is 9.24. The number of hydrogen-bond acceptors (Lipinski definition) is 3. The minimum absolute atomic E-state index is 0.0206. The van der Waals surface area contributed by atoms with Gasteiger partial charge in [-0.1, -0.05) is 39.0 Å². The zero-order valence-electron chi connectivity index (χ0n) is 17.1. The zero-order chi connectivity index (χ0) is 19.8. The molecule has 6 heteroatoms. The average Bonchev–Trinajstić information content (AvgIpc) is 3.15. The SMILES string of the molecule is Cc1c(CN(C)Cc2cc(C(C)(C)C)n[nH]2)c(=O)n(-c2ccccc2)n1C. The Kier molecular flexibility index (Phi) is 5.11. The number of aromatic nitrogens is 4. The second-order valence-corrected chi connectivity index (χ2v) is 8.24. The highest BCUT2D eigenvalue weighted by Crippen LogP contribution is 2.21. The van der Waals surface area contributed by atoms with E-state index >= 15 is 0 Å². The topological polar surface area (TPSA) is 58.9 Å². The third-order valence-electron chi connectivity index (χ3n) is 4.94. The predicted molar refractivity (Wildman–Crippen MR) is 108 cm³/mol. The summed E-state index contributed by atoms with van der Waals surface area (Å²) in [6.45, 7) is 9.74. The van der Waals surface area contributed by atoms with Crippen molar-refractivity contribution in [2.75, 3.05) is 7.05 Å². The number of rotatable bonds is 5. The Bertz CT molecular complexity index is 972. The molecule has 0 amide bonds. The van der Waals surface area contributed by atoms with Gasteiger partial charge in [-0.25, -0.2) is 4.68 Å². The van der Waals surface area contributed by atoms with Crippen LogP contribution in [0.1, 0.15) is 43.4 Å². The van der Waals surface area contributed by atoms with E-state index in [1.54, 1.807) is 4.68 Å². The van der Waals surface area contributed by atoms with Gasteiger partial charge in [0.2, 0.25) is 0 Å². The van der Waals surface area contributed by atoms with Gasteiger partial charge in [-0.15, -0.1) is 0 Å². The molecule has 0 aliphatic carbocycles. The van der Waals surface area contributed by atoms with Crippen LogP contribution >= 0.6 is 0 Å². The summed E-state index contributed by atoms with van der Waals surface area (Å²) in [5.41, 5.74) is 4.84. The van der Waals surface area contributed by atoms with Crippen molar-refractivity contribution in [2.24, 2.45) is 7.05 Å². The Hall–Kier alpha value is -2.60. The lowest BCUT2D eigenvalue weighted by Gasteiger charge is -2.15. The maximum atomic E-state index is 13.0. The summed E-state index contributed by atoms with van der Waals surface area (Å²) in [4.78, 5) is 15.2. The van der Waals surface area contributed by atoms with E-state index < -0.39 is 0 Å². The Balaban J connectivity index is 1.82. The molecule has 0 unspecified atom stereocenters. The molecule has 0 saturated heterocycles. The smallest absolute Gasteiger partial charge is 0.276 e. The Morgan fingerprint density at radius 2 is 1.81 bits per heavy atom. The maximum absolute atomic E-state index is 13.0. The molecule has 1 N–H and O–H groups in total. The Morgan fingerprint density at radius 3 is 2.41 bits per heavy atom. The average molecular weight is 367 g/mol. The summed E-state index contributed by atoms with van der Waals surface area (Å²) in [5.74, 6) is 0. The zero-order valence-corrected chi connectivity index (χ0v) is 17.1. The summed E-state index contributed by atoms with van der Waals surface area (Å²) in [5, 5.41) is 7.54. The van der Waals surface area contributed by atoms with Gasteiger partial charge in [0.15, 0.2) is 0 Å². The quantitative estimate of drug-likeness (QED) is 0.754. The molecular weight excluding hydrogens is 338 g/mol. The second kappa shape index (κ2) is 7.19. The van der Waals surface area contributed by atoms with Crippen LogP contribution in [0.5, 0.6) is 0 Å². The van der Waals surface area contributed by atoms with Crippen LogP contribution in [-0.4, -0.2) is 31.5 Å². The van der Waals surface area contributed by atoms with E-state index in [1.165, 1.54) is 0 Å². The lowest BCUT2D eigenvalue weighted by atomic mass is 9.92. The van der Waals surface area contributed by atoms with E-state index in [2.05, 4.69) is 41.9 Å². The van der Waals surface area contributed by atoms with E-state index in [-0.39, 0.29) is 11.0 Å². The molecule has 144 valence electrons. The van der Waals surface area contributed by atoms with Gasteiger partial charge >= 0.3 is 0 Å². The third kappa shape index (κ3) is 3.90. The summed E-state index contributed by atoms with van der Waals surface area (Å²) in [7, 11) is 3.95. The van der Waals surface area contributed by atoms with Gasteiger partial charge in [0, 0.05) is 36.9 Å². The predicted octanol–water partition coefficient (Wildman–Crippen LogP) is 3.14. The van der Waals surface area contributed by atoms with Crippen molar-refractivity contribution in [1.29, 1.82) is 0 Å². The Labute approximate surface area is 160 Å². The molecule has 0 atom stereocenters. The minimum Gasteiger partial charge on any atom is -0.296 e. The number of H-pyrrole nitrogens is 1. The fraction of sp³-hybridized carbons (Fsp3) is 0.429. The summed E-state index contributed by atoms with van der Waals surface area (Å²) < 4.78 is 3.65. The van der Waals surface area contributed by atoms with Crippen LogP contribution in [0.25, 0.3) is 5.69 Å². The Morgan fingerprint density at radius 1 is 1.15 bits per heavy atom. The monoisotopic (exact) mass is 367 g/mol. The molecule has 2 heterocycles. The van der Waals surface area contributed by atoms with Crippen LogP contribution in [-0.2, 0) is 25.6 Å². The van der Waals surface area contributed by atoms with Gasteiger partial charge in [-0.2, -0.15) is 5.10 Å². The normalized spacial score (nSPS) is 12.1. The van der Waals surface area contributed by atoms with Crippen molar-refractivity contribution in [1.82, 2.24) is 24.5 Å². The summed E-state index contributed by atoms with van der Waals surface area (Å²) in [6, 6.07) is 11.9. The molecule has 0 fully saturated rings. The van der Waals surface area contributed by atoms with E-state index in [9.17, 15) is 4.79 Å². The molecule has 0 radical (unpaired) electrons. The van der Waals surface area contributed by atoms with Crippen LogP contribution in [0.2, 0.25) is 0 Å². The molecule has 6 nitrogen and oxygen atoms in total. The largest absolute Gasteiger partial charge is 0.296 e. The van der Waals surface area contributed by atoms with E-state index in [1.807, 2.05) is 56.0 Å². The number of nitrogens with one attached hydrogen (secondary N) is 1. The van der Waals surface area contributed by atoms with Crippen molar-refractivity contribution < 1.29 is 0 Å². The van der Waals surface area contributed by atoms with Gasteiger partial charge in [0.25, 0.3) is 5.56 Å². The molecule has 2 aromatic heterocycles. The molecule has 0 aliphatic heterocycles. The number of nitrogens with zero attached hydrogens (tertiary/aromatic N) is 4. The number of para-hydroxylation sites is 1. The van der Waals surface area contributed by atoms with Gasteiger partial charge < -0.3 is 0 Å². The van der Waals surface area contributed by atoms with Crippen LogP contribution in [0.4, 0.5) is 0 Å². The third-order valence-corrected chi connectivity index (χ3v) is 4.94. The number of aromatic amines is 1. The van der Waals surface area contributed by atoms with Crippen LogP contribution in [0.3, 0.4) is 0 Å². The summed E-state index contributed by atoms with van der Waals surface area (Å²) >= 11 is 0. The van der Waals surface area contributed by atoms with E-state index in [0.29, 0.717) is 13.1 Å². The number of benzene rings is 1.